The van der Waals surface area contributed by atoms with Gasteiger partial charge in [-0.15, -0.1) is 0 Å². The van der Waals surface area contributed by atoms with Crippen molar-refractivity contribution in [3.63, 3.8) is 0 Å². The van der Waals surface area contributed by atoms with E-state index in [2.05, 4.69) is 4.74 Å². The normalized spacial score (nSPS) is 25.3. The van der Waals surface area contributed by atoms with Crippen molar-refractivity contribution in [3.8, 4) is 0 Å². The maximum absolute atomic E-state index is 10.5. The van der Waals surface area contributed by atoms with Gasteiger partial charge in [-0.3, -0.25) is 0 Å². The van der Waals surface area contributed by atoms with Gasteiger partial charge in [-0.25, -0.2) is 4.79 Å². The molecule has 0 aliphatic carbocycles. The summed E-state index contributed by atoms with van der Waals surface area (Å²) in [6.45, 7) is -0.446. The maximum atomic E-state index is 10.5. The Morgan fingerprint density at radius 2 is 2.30 bits per heavy atom. The van der Waals surface area contributed by atoms with Crippen molar-refractivity contribution in [2.75, 3.05) is 6.61 Å². The highest BCUT2D eigenvalue weighted by atomic mass is 16.6. The molecule has 5 heteroatoms. The minimum absolute atomic E-state index is 0.320. The van der Waals surface area contributed by atoms with E-state index in [9.17, 15) is 4.79 Å². The lowest BCUT2D eigenvalue weighted by atomic mass is 10.3. The fourth-order valence-corrected chi connectivity index (χ4v) is 0.650. The summed E-state index contributed by atoms with van der Waals surface area (Å²) in [6.07, 6.45) is -0.965. The average molecular weight is 145 g/mol. The van der Waals surface area contributed by atoms with Crippen LogP contribution in [0.25, 0.3) is 0 Å². The fraction of sp³-hybridized carbons (Fsp3) is 0.400. The van der Waals surface area contributed by atoms with Gasteiger partial charge in [-0.05, 0) is 0 Å². The topological polar surface area (TPSA) is 92.8 Å². The van der Waals surface area contributed by atoms with Gasteiger partial charge in [0.15, 0.2) is 17.6 Å². The van der Waals surface area contributed by atoms with Crippen LogP contribution in [0.4, 0.5) is 0 Å². The van der Waals surface area contributed by atoms with Crippen LogP contribution in [0.15, 0.2) is 11.5 Å². The summed E-state index contributed by atoms with van der Waals surface area (Å²) in [4.78, 5) is 10.5. The quantitative estimate of drug-likeness (QED) is 0.396. The summed E-state index contributed by atoms with van der Waals surface area (Å²) in [7, 11) is 0. The minimum atomic E-state index is -0.965. The monoisotopic (exact) mass is 145 g/mol. The van der Waals surface area contributed by atoms with Crippen molar-refractivity contribution in [2.24, 2.45) is 5.73 Å². The molecule has 0 aromatic rings. The van der Waals surface area contributed by atoms with E-state index in [-0.39, 0.29) is 11.5 Å². The van der Waals surface area contributed by atoms with Crippen molar-refractivity contribution in [2.45, 2.75) is 6.10 Å². The van der Waals surface area contributed by atoms with E-state index in [4.69, 9.17) is 15.9 Å². The van der Waals surface area contributed by atoms with E-state index in [1.807, 2.05) is 0 Å². The van der Waals surface area contributed by atoms with Crippen LogP contribution in [-0.4, -0.2) is 28.9 Å². The molecule has 0 saturated heterocycles. The smallest absolute Gasteiger partial charge is 0.358 e. The molecule has 56 valence electrons. The predicted molar refractivity (Wildman–Crippen MR) is 30.8 cm³/mol. The van der Waals surface area contributed by atoms with Gasteiger partial charge in [0.25, 0.3) is 0 Å². The molecule has 1 atom stereocenters. The van der Waals surface area contributed by atoms with Crippen LogP contribution < -0.4 is 5.73 Å². The molecular formula is C5H7NO4. The molecule has 0 radical (unpaired) electrons. The van der Waals surface area contributed by atoms with Crippen LogP contribution in [0.5, 0.6) is 0 Å². The molecule has 0 saturated carbocycles. The Morgan fingerprint density at radius 1 is 1.70 bits per heavy atom. The Hall–Kier alpha value is -1.23. The zero-order valence-corrected chi connectivity index (χ0v) is 5.07. The predicted octanol–water partition coefficient (Wildman–Crippen LogP) is -1.37. The lowest BCUT2D eigenvalue weighted by Crippen LogP contribution is -2.15. The average Bonchev–Trinajstić information content (AvgIpc) is 2.17. The fourth-order valence-electron chi connectivity index (χ4n) is 0.650. The van der Waals surface area contributed by atoms with Crippen LogP contribution in [0.2, 0.25) is 0 Å². The third kappa shape index (κ3) is 0.801. The molecule has 0 aromatic heterocycles. The van der Waals surface area contributed by atoms with Crippen LogP contribution in [0.1, 0.15) is 0 Å². The molecule has 10 heavy (non-hydrogen) atoms. The number of nitrogens with two attached hydrogens (primary N) is 1. The van der Waals surface area contributed by atoms with E-state index in [0.29, 0.717) is 0 Å². The number of hydrogen-bond donors (Lipinski definition) is 3. The molecule has 0 fully saturated rings. The number of ether oxygens (including phenoxy) is 1. The molecule has 0 unspecified atom stereocenters. The van der Waals surface area contributed by atoms with Gasteiger partial charge in [0, 0.05) is 0 Å². The number of cyclic esters (lactones) is 1. The zero-order valence-electron chi connectivity index (χ0n) is 5.07. The number of esters is 1. The second-order valence-corrected chi connectivity index (χ2v) is 1.88. The Labute approximate surface area is 56.7 Å². The lowest BCUT2D eigenvalue weighted by molar-refractivity contribution is -0.141. The number of carbonyl (C=O) groups is 1. The highest BCUT2D eigenvalue weighted by molar-refractivity contribution is 5.90. The Bertz CT molecular complexity index is 198. The summed E-state index contributed by atoms with van der Waals surface area (Å²) >= 11 is 0. The van der Waals surface area contributed by atoms with E-state index in [1.54, 1.807) is 0 Å². The number of rotatable bonds is 1. The Kier molecular flexibility index (Phi) is 1.50. The molecule has 5 nitrogen and oxygen atoms in total. The summed E-state index contributed by atoms with van der Waals surface area (Å²) in [6, 6.07) is 0. The SMILES string of the molecule is NC1=C(O)[C@@H](CO)OC1=O. The first-order valence-corrected chi connectivity index (χ1v) is 2.67. The van der Waals surface area contributed by atoms with E-state index < -0.39 is 18.7 Å². The second-order valence-electron chi connectivity index (χ2n) is 1.88. The molecular weight excluding hydrogens is 138 g/mol. The molecule has 1 aliphatic rings. The minimum Gasteiger partial charge on any atom is -0.506 e. The van der Waals surface area contributed by atoms with Crippen LogP contribution in [-0.2, 0) is 9.53 Å². The maximum Gasteiger partial charge on any atom is 0.358 e. The molecule has 0 spiro atoms. The molecule has 1 heterocycles. The highest BCUT2D eigenvalue weighted by Crippen LogP contribution is 2.15. The van der Waals surface area contributed by atoms with Gasteiger partial charge in [-0.1, -0.05) is 0 Å². The Morgan fingerprint density at radius 3 is 2.50 bits per heavy atom. The second kappa shape index (κ2) is 2.18. The first-order chi connectivity index (χ1) is 4.66. The third-order valence-electron chi connectivity index (χ3n) is 1.22. The van der Waals surface area contributed by atoms with E-state index >= 15 is 0 Å². The third-order valence-corrected chi connectivity index (χ3v) is 1.22. The van der Waals surface area contributed by atoms with Crippen molar-refractivity contribution in [1.29, 1.82) is 0 Å². The van der Waals surface area contributed by atoms with Gasteiger partial charge >= 0.3 is 5.97 Å². The molecule has 1 rings (SSSR count). The van der Waals surface area contributed by atoms with Gasteiger partial charge in [0.05, 0.1) is 6.61 Å². The summed E-state index contributed by atoms with van der Waals surface area (Å²) in [5.41, 5.74) is 4.71. The number of carbonyl (C=O) groups excluding carboxylic acids is 1. The van der Waals surface area contributed by atoms with Gasteiger partial charge < -0.3 is 20.7 Å². The van der Waals surface area contributed by atoms with E-state index in [0.717, 1.165) is 0 Å². The zero-order chi connectivity index (χ0) is 7.72. The summed E-state index contributed by atoms with van der Waals surface area (Å²) < 4.78 is 4.40. The standard InChI is InChI=1S/C5H7NO4/c6-3-4(8)2(1-7)10-5(3)9/h2,7-8H,1,6H2/t2-/m1/s1. The van der Waals surface area contributed by atoms with Crippen LogP contribution in [0.3, 0.4) is 0 Å². The Balaban J connectivity index is 2.83. The van der Waals surface area contributed by atoms with Crippen molar-refractivity contribution in [3.05, 3.63) is 11.5 Å². The lowest BCUT2D eigenvalue weighted by Gasteiger charge is -2.03. The highest BCUT2D eigenvalue weighted by Gasteiger charge is 2.31. The van der Waals surface area contributed by atoms with Crippen LogP contribution in [0, 0.1) is 0 Å². The number of aliphatic hydroxyl groups excluding tert-OH is 2. The van der Waals surface area contributed by atoms with Crippen molar-refractivity contribution >= 4 is 5.97 Å². The number of aliphatic hydroxyl groups is 2. The van der Waals surface area contributed by atoms with Crippen LogP contribution >= 0.6 is 0 Å². The first kappa shape index (κ1) is 6.88. The summed E-state index contributed by atoms with van der Waals surface area (Å²) in [5, 5.41) is 17.3. The molecule has 0 aromatic carbocycles. The van der Waals surface area contributed by atoms with Gasteiger partial charge in [-0.2, -0.15) is 0 Å². The van der Waals surface area contributed by atoms with Crippen molar-refractivity contribution in [1.82, 2.24) is 0 Å². The summed E-state index contributed by atoms with van der Waals surface area (Å²) in [5.74, 6) is -1.16. The van der Waals surface area contributed by atoms with Gasteiger partial charge in [0.2, 0.25) is 0 Å². The van der Waals surface area contributed by atoms with Crippen molar-refractivity contribution < 1.29 is 19.7 Å². The van der Waals surface area contributed by atoms with Gasteiger partial charge in [0.1, 0.15) is 0 Å². The molecule has 4 N–H and O–H groups in total. The number of hydrogen-bond acceptors (Lipinski definition) is 5. The first-order valence-electron chi connectivity index (χ1n) is 2.67. The van der Waals surface area contributed by atoms with E-state index in [1.165, 1.54) is 0 Å². The largest absolute Gasteiger partial charge is 0.506 e. The molecule has 0 bridgehead atoms. The molecule has 1 aliphatic heterocycles. The molecule has 0 amide bonds.